The molecule has 1 aliphatic heterocycles. The lowest BCUT2D eigenvalue weighted by atomic mass is 10.3. The van der Waals surface area contributed by atoms with Crippen molar-refractivity contribution < 1.29 is 0 Å². The van der Waals surface area contributed by atoms with Gasteiger partial charge in [0.15, 0.2) is 0 Å². The quantitative estimate of drug-likeness (QED) is 0.476. The maximum Gasteiger partial charge on any atom is 0.0369 e. The van der Waals surface area contributed by atoms with Crippen molar-refractivity contribution in [3.8, 4) is 0 Å². The highest BCUT2D eigenvalue weighted by molar-refractivity contribution is 5.05. The van der Waals surface area contributed by atoms with E-state index in [-0.39, 0.29) is 0 Å². The van der Waals surface area contributed by atoms with Gasteiger partial charge in [-0.15, -0.1) is 0 Å². The third-order valence-electron chi connectivity index (χ3n) is 1.01. The van der Waals surface area contributed by atoms with Gasteiger partial charge in [-0.05, 0) is 12.5 Å². The monoisotopic (exact) mass is 110 g/mol. The van der Waals surface area contributed by atoms with Crippen LogP contribution in [0, 0.1) is 0 Å². The zero-order valence-electron chi connectivity index (χ0n) is 4.94. The summed E-state index contributed by atoms with van der Waals surface area (Å²) in [6, 6.07) is 0. The summed E-state index contributed by atoms with van der Waals surface area (Å²) >= 11 is 0. The average Bonchev–Trinajstić information content (AvgIpc) is 1.94. The summed E-state index contributed by atoms with van der Waals surface area (Å²) in [7, 11) is 0. The highest BCUT2D eigenvalue weighted by Crippen LogP contribution is 1.88. The van der Waals surface area contributed by atoms with Gasteiger partial charge < -0.3 is 10.6 Å². The fraction of sp³-hybridized carbons (Fsp3) is 0.333. The average molecular weight is 110 g/mol. The summed E-state index contributed by atoms with van der Waals surface area (Å²) in [5.74, 6) is 0. The van der Waals surface area contributed by atoms with Crippen molar-refractivity contribution in [2.45, 2.75) is 6.92 Å². The Balaban J connectivity index is 2.48. The van der Waals surface area contributed by atoms with Crippen LogP contribution in [0.2, 0.25) is 0 Å². The molecular weight excluding hydrogens is 100 g/mol. The van der Waals surface area contributed by atoms with Crippen LogP contribution in [0.1, 0.15) is 6.92 Å². The Kier molecular flexibility index (Phi) is 1.57. The van der Waals surface area contributed by atoms with E-state index in [1.54, 1.807) is 0 Å². The minimum atomic E-state index is 0.948. The largest absolute Gasteiger partial charge is 0.386 e. The summed E-state index contributed by atoms with van der Waals surface area (Å²) in [6.45, 7) is 3.02. The van der Waals surface area contributed by atoms with Crippen molar-refractivity contribution in [3.63, 3.8) is 0 Å². The van der Waals surface area contributed by atoms with Gasteiger partial charge in [0.1, 0.15) is 0 Å². The third kappa shape index (κ3) is 1.30. The van der Waals surface area contributed by atoms with Gasteiger partial charge in [-0.1, -0.05) is 0 Å². The Hall–Kier alpha value is -0.920. The van der Waals surface area contributed by atoms with E-state index >= 15 is 0 Å². The van der Waals surface area contributed by atoms with Crippen LogP contribution in [0.5, 0.6) is 0 Å². The fourth-order valence-electron chi connectivity index (χ4n) is 0.568. The summed E-state index contributed by atoms with van der Waals surface area (Å²) in [5.41, 5.74) is 1.31. The van der Waals surface area contributed by atoms with Crippen LogP contribution in [0.25, 0.3) is 0 Å². The van der Waals surface area contributed by atoms with E-state index in [1.807, 2.05) is 18.6 Å². The Morgan fingerprint density at radius 2 is 2.38 bits per heavy atom. The van der Waals surface area contributed by atoms with E-state index in [4.69, 9.17) is 0 Å². The van der Waals surface area contributed by atoms with Crippen LogP contribution in [0.15, 0.2) is 24.2 Å². The fourth-order valence-corrected chi connectivity index (χ4v) is 0.568. The molecule has 0 saturated heterocycles. The van der Waals surface area contributed by atoms with Crippen LogP contribution in [-0.2, 0) is 0 Å². The lowest BCUT2D eigenvalue weighted by Gasteiger charge is -1.94. The SMILES string of the molecule is CC1=CNC=CNC1. The summed E-state index contributed by atoms with van der Waals surface area (Å²) in [5, 5.41) is 6.08. The molecule has 44 valence electrons. The van der Waals surface area contributed by atoms with E-state index in [1.165, 1.54) is 5.57 Å². The van der Waals surface area contributed by atoms with Gasteiger partial charge in [0.2, 0.25) is 0 Å². The Labute approximate surface area is 49.3 Å². The molecule has 0 radical (unpaired) electrons. The number of hydrogen-bond acceptors (Lipinski definition) is 2. The molecule has 8 heavy (non-hydrogen) atoms. The molecular formula is C6H10N2. The predicted octanol–water partition coefficient (Wildman–Crippen LogP) is 0.554. The summed E-state index contributed by atoms with van der Waals surface area (Å²) in [6.07, 6.45) is 5.75. The molecule has 0 amide bonds. The van der Waals surface area contributed by atoms with Gasteiger partial charge in [-0.2, -0.15) is 0 Å². The molecule has 0 fully saturated rings. The standard InChI is InChI=1S/C6H10N2/c1-6-4-7-2-3-8-5-6/h2-4,7-8H,5H2,1H3. The minimum Gasteiger partial charge on any atom is -0.386 e. The second-order valence-electron chi connectivity index (χ2n) is 1.87. The summed E-state index contributed by atoms with van der Waals surface area (Å²) < 4.78 is 0. The smallest absolute Gasteiger partial charge is 0.0369 e. The number of rotatable bonds is 0. The normalized spacial score (nSPS) is 17.9. The van der Waals surface area contributed by atoms with Crippen LogP contribution in [-0.4, -0.2) is 6.54 Å². The first kappa shape index (κ1) is 5.22. The van der Waals surface area contributed by atoms with E-state index < -0.39 is 0 Å². The molecule has 1 rings (SSSR count). The molecule has 0 aromatic carbocycles. The van der Waals surface area contributed by atoms with Gasteiger partial charge in [0, 0.05) is 25.1 Å². The van der Waals surface area contributed by atoms with Crippen molar-refractivity contribution in [1.82, 2.24) is 10.6 Å². The topological polar surface area (TPSA) is 24.1 Å². The predicted molar refractivity (Wildman–Crippen MR) is 34.0 cm³/mol. The van der Waals surface area contributed by atoms with E-state index in [2.05, 4.69) is 17.6 Å². The van der Waals surface area contributed by atoms with Crippen LogP contribution >= 0.6 is 0 Å². The highest BCUT2D eigenvalue weighted by Gasteiger charge is 1.86. The van der Waals surface area contributed by atoms with Crippen molar-refractivity contribution in [1.29, 1.82) is 0 Å². The van der Waals surface area contributed by atoms with Crippen molar-refractivity contribution in [2.75, 3.05) is 6.54 Å². The maximum absolute atomic E-state index is 3.09. The molecule has 2 N–H and O–H groups in total. The zero-order chi connectivity index (χ0) is 5.82. The number of nitrogens with one attached hydrogen (secondary N) is 2. The summed E-state index contributed by atoms with van der Waals surface area (Å²) in [4.78, 5) is 0. The Morgan fingerprint density at radius 3 is 3.25 bits per heavy atom. The molecule has 2 heteroatoms. The van der Waals surface area contributed by atoms with E-state index in [0.717, 1.165) is 6.54 Å². The molecule has 0 unspecified atom stereocenters. The van der Waals surface area contributed by atoms with Crippen molar-refractivity contribution >= 4 is 0 Å². The van der Waals surface area contributed by atoms with Gasteiger partial charge in [0.25, 0.3) is 0 Å². The lowest BCUT2D eigenvalue weighted by molar-refractivity contribution is 0.943. The number of hydrogen-bond donors (Lipinski definition) is 2. The minimum absolute atomic E-state index is 0.948. The Morgan fingerprint density at radius 1 is 1.50 bits per heavy atom. The molecule has 0 aromatic rings. The first-order chi connectivity index (χ1) is 3.89. The van der Waals surface area contributed by atoms with E-state index in [0.29, 0.717) is 0 Å². The van der Waals surface area contributed by atoms with Gasteiger partial charge >= 0.3 is 0 Å². The molecule has 2 nitrogen and oxygen atoms in total. The van der Waals surface area contributed by atoms with Crippen molar-refractivity contribution in [2.24, 2.45) is 0 Å². The molecule has 1 heterocycles. The molecule has 0 atom stereocenters. The highest BCUT2D eigenvalue weighted by atomic mass is 14.9. The third-order valence-corrected chi connectivity index (χ3v) is 1.01. The lowest BCUT2D eigenvalue weighted by Crippen LogP contribution is -2.05. The second-order valence-corrected chi connectivity index (χ2v) is 1.87. The Bertz CT molecular complexity index is 124. The van der Waals surface area contributed by atoms with E-state index in [9.17, 15) is 0 Å². The van der Waals surface area contributed by atoms with Crippen LogP contribution in [0.4, 0.5) is 0 Å². The first-order valence-corrected chi connectivity index (χ1v) is 2.70. The molecule has 1 aliphatic rings. The second kappa shape index (κ2) is 2.40. The zero-order valence-corrected chi connectivity index (χ0v) is 4.94. The molecule has 0 spiro atoms. The van der Waals surface area contributed by atoms with Gasteiger partial charge in [-0.25, -0.2) is 0 Å². The molecule has 0 aliphatic carbocycles. The maximum atomic E-state index is 3.09. The van der Waals surface area contributed by atoms with Gasteiger partial charge in [-0.3, -0.25) is 0 Å². The molecule has 0 saturated carbocycles. The van der Waals surface area contributed by atoms with Gasteiger partial charge in [0.05, 0.1) is 0 Å². The molecule has 0 aromatic heterocycles. The van der Waals surface area contributed by atoms with Crippen molar-refractivity contribution in [3.05, 3.63) is 24.2 Å². The first-order valence-electron chi connectivity index (χ1n) is 2.70. The molecule has 0 bridgehead atoms. The van der Waals surface area contributed by atoms with Crippen LogP contribution in [0.3, 0.4) is 0 Å². The van der Waals surface area contributed by atoms with Crippen LogP contribution < -0.4 is 10.6 Å².